The van der Waals surface area contributed by atoms with Crippen molar-refractivity contribution in [2.45, 2.75) is 40.5 Å². The first-order chi connectivity index (χ1) is 17.4. The average molecular weight is 513 g/mol. The van der Waals surface area contributed by atoms with Gasteiger partial charge in [-0.25, -0.2) is 0 Å². The van der Waals surface area contributed by atoms with Crippen LogP contribution < -0.4 is 9.47 Å². The van der Waals surface area contributed by atoms with Crippen LogP contribution in [-0.4, -0.2) is 33.5 Å². The second kappa shape index (κ2) is 13.6. The topological polar surface area (TPSA) is 63.2 Å². The molecule has 0 saturated carbocycles. The van der Waals surface area contributed by atoms with E-state index in [-0.39, 0.29) is 13.1 Å². The molecule has 6 nitrogen and oxygen atoms in total. The molecule has 194 valence electrons. The summed E-state index contributed by atoms with van der Waals surface area (Å²) in [5.41, 5.74) is 6.99. The molecule has 0 fully saturated rings. The summed E-state index contributed by atoms with van der Waals surface area (Å²) in [6.45, 7) is 8.53. The molecule has 0 radical (unpaired) electrons. The second-order valence-electron chi connectivity index (χ2n) is 8.59. The third kappa shape index (κ3) is 7.94. The summed E-state index contributed by atoms with van der Waals surface area (Å²) in [5, 5.41) is 0. The van der Waals surface area contributed by atoms with Crippen LogP contribution in [0, 0.1) is 13.8 Å². The van der Waals surface area contributed by atoms with Gasteiger partial charge in [0.2, 0.25) is 0 Å². The molecule has 0 aliphatic heterocycles. The first-order valence-electron chi connectivity index (χ1n) is 12.3. The first-order valence-corrected chi connectivity index (χ1v) is 14.0. The molecule has 0 bridgehead atoms. The van der Waals surface area contributed by atoms with Crippen LogP contribution in [0.4, 0.5) is 0 Å². The zero-order valence-corrected chi connectivity index (χ0v) is 22.8. The fraction of sp³-hybridized carbons (Fsp3) is 0.379. The Balaban J connectivity index is 1.80. The maximum Gasteiger partial charge on any atom is 0.367 e. The third-order valence-corrected chi connectivity index (χ3v) is 7.53. The highest BCUT2D eigenvalue weighted by molar-refractivity contribution is 7.53. The minimum atomic E-state index is -3.27. The summed E-state index contributed by atoms with van der Waals surface area (Å²) in [6, 6.07) is 20.6. The Morgan fingerprint density at radius 1 is 0.778 bits per heavy atom. The minimum Gasteiger partial charge on any atom is -0.481 e. The molecule has 0 heterocycles. The van der Waals surface area contributed by atoms with Gasteiger partial charge in [-0.2, -0.15) is 0 Å². The van der Waals surface area contributed by atoms with Crippen molar-refractivity contribution in [1.82, 2.24) is 0 Å². The molecular formula is C29H37O6P. The normalized spacial score (nSPS) is 11.5. The summed E-state index contributed by atoms with van der Waals surface area (Å²) in [7, 11) is -1.65. The highest BCUT2D eigenvalue weighted by Gasteiger charge is 2.25. The van der Waals surface area contributed by atoms with E-state index in [4.69, 9.17) is 23.3 Å². The molecule has 0 unspecified atom stereocenters. The van der Waals surface area contributed by atoms with Gasteiger partial charge in [-0.15, -0.1) is 0 Å². The molecule has 7 heteroatoms. The van der Waals surface area contributed by atoms with Gasteiger partial charge in [0.25, 0.3) is 0 Å². The SMILES string of the molecule is CCOP(=O)(COc1cc(C)c(Cc2ccc(OCOC)c(Cc3ccccc3)c2)c(C)c1)OCC. The second-order valence-corrected chi connectivity index (χ2v) is 10.6. The van der Waals surface area contributed by atoms with Gasteiger partial charge in [0.1, 0.15) is 11.5 Å². The van der Waals surface area contributed by atoms with E-state index in [1.54, 1.807) is 21.0 Å². The van der Waals surface area contributed by atoms with Gasteiger partial charge in [-0.3, -0.25) is 4.57 Å². The standard InChI is InChI=1S/C29H37O6P/c1-6-34-36(30,35-7-2)21-33-27-15-22(3)28(23(4)16-27)19-25-13-14-29(32-20-31-5)26(18-25)17-24-11-9-8-10-12-24/h8-16,18H,6-7,17,19-21H2,1-5H3. The van der Waals surface area contributed by atoms with Crippen molar-refractivity contribution in [3.8, 4) is 11.5 Å². The molecule has 3 aromatic carbocycles. The van der Waals surface area contributed by atoms with E-state index in [2.05, 4.69) is 38.1 Å². The van der Waals surface area contributed by atoms with Gasteiger partial charge in [-0.1, -0.05) is 42.5 Å². The molecule has 0 atom stereocenters. The van der Waals surface area contributed by atoms with Gasteiger partial charge in [0.15, 0.2) is 13.1 Å². The monoisotopic (exact) mass is 512 g/mol. The Morgan fingerprint density at radius 3 is 2.06 bits per heavy atom. The zero-order chi connectivity index (χ0) is 26.0. The number of rotatable bonds is 14. The van der Waals surface area contributed by atoms with Crippen LogP contribution in [0.2, 0.25) is 0 Å². The van der Waals surface area contributed by atoms with Gasteiger partial charge >= 0.3 is 7.60 Å². The van der Waals surface area contributed by atoms with Crippen molar-refractivity contribution in [3.05, 3.63) is 94.0 Å². The average Bonchev–Trinajstić information content (AvgIpc) is 2.85. The van der Waals surface area contributed by atoms with Gasteiger partial charge < -0.3 is 23.3 Å². The number of hydrogen-bond donors (Lipinski definition) is 0. The van der Waals surface area contributed by atoms with E-state index in [1.807, 2.05) is 36.4 Å². The van der Waals surface area contributed by atoms with Crippen LogP contribution in [0.5, 0.6) is 11.5 Å². The van der Waals surface area contributed by atoms with Crippen molar-refractivity contribution < 1.29 is 27.8 Å². The van der Waals surface area contributed by atoms with E-state index < -0.39 is 7.60 Å². The van der Waals surface area contributed by atoms with Gasteiger partial charge in [-0.05, 0) is 85.7 Å². The number of methoxy groups -OCH3 is 1. The number of ether oxygens (including phenoxy) is 3. The Kier molecular flexibility index (Phi) is 10.6. The van der Waals surface area contributed by atoms with Crippen LogP contribution in [0.1, 0.15) is 47.2 Å². The number of aryl methyl sites for hydroxylation is 2. The molecule has 0 aromatic heterocycles. The van der Waals surface area contributed by atoms with Crippen LogP contribution in [0.15, 0.2) is 60.7 Å². The fourth-order valence-electron chi connectivity index (χ4n) is 4.14. The quantitative estimate of drug-likeness (QED) is 0.170. The molecule has 0 spiro atoms. The van der Waals surface area contributed by atoms with Crippen molar-refractivity contribution >= 4 is 7.60 Å². The van der Waals surface area contributed by atoms with E-state index in [9.17, 15) is 4.57 Å². The molecule has 0 amide bonds. The lowest BCUT2D eigenvalue weighted by atomic mass is 9.93. The van der Waals surface area contributed by atoms with Crippen LogP contribution in [0.25, 0.3) is 0 Å². The molecule has 0 N–H and O–H groups in total. The summed E-state index contributed by atoms with van der Waals surface area (Å²) in [6.07, 6.45) is 1.44. The van der Waals surface area contributed by atoms with E-state index in [0.29, 0.717) is 19.0 Å². The lowest BCUT2D eigenvalue weighted by Crippen LogP contribution is -2.07. The smallest absolute Gasteiger partial charge is 0.367 e. The van der Waals surface area contributed by atoms with Crippen molar-refractivity contribution in [3.63, 3.8) is 0 Å². The molecule has 0 aliphatic carbocycles. The third-order valence-electron chi connectivity index (χ3n) is 5.79. The lowest BCUT2D eigenvalue weighted by molar-refractivity contribution is 0.0505. The van der Waals surface area contributed by atoms with E-state index in [1.165, 1.54) is 16.7 Å². The summed E-state index contributed by atoms with van der Waals surface area (Å²) in [4.78, 5) is 0. The van der Waals surface area contributed by atoms with E-state index in [0.717, 1.165) is 35.3 Å². The number of benzene rings is 3. The summed E-state index contributed by atoms with van der Waals surface area (Å²) >= 11 is 0. The van der Waals surface area contributed by atoms with Crippen molar-refractivity contribution in [2.75, 3.05) is 33.5 Å². The Hall–Kier alpha value is -2.63. The highest BCUT2D eigenvalue weighted by atomic mass is 31.2. The predicted octanol–water partition coefficient (Wildman–Crippen LogP) is 7.07. The fourth-order valence-corrected chi connectivity index (χ4v) is 5.46. The zero-order valence-electron chi connectivity index (χ0n) is 21.9. The highest BCUT2D eigenvalue weighted by Crippen LogP contribution is 2.48. The minimum absolute atomic E-state index is 0.112. The lowest BCUT2D eigenvalue weighted by Gasteiger charge is -2.19. The Bertz CT molecular complexity index is 1130. The summed E-state index contributed by atoms with van der Waals surface area (Å²) in [5.74, 6) is 1.48. The van der Waals surface area contributed by atoms with E-state index >= 15 is 0 Å². The summed E-state index contributed by atoms with van der Waals surface area (Å²) < 4.78 is 40.2. The van der Waals surface area contributed by atoms with Crippen LogP contribution in [-0.2, 0) is 31.2 Å². The first kappa shape index (κ1) is 27.9. The maximum absolute atomic E-state index is 12.7. The largest absolute Gasteiger partial charge is 0.481 e. The molecule has 36 heavy (non-hydrogen) atoms. The van der Waals surface area contributed by atoms with Crippen LogP contribution in [0.3, 0.4) is 0 Å². The molecule has 0 saturated heterocycles. The van der Waals surface area contributed by atoms with Gasteiger partial charge in [0, 0.05) is 13.5 Å². The molecule has 3 rings (SSSR count). The molecular weight excluding hydrogens is 475 g/mol. The maximum atomic E-state index is 12.7. The Labute approximate surface area is 215 Å². The van der Waals surface area contributed by atoms with Gasteiger partial charge in [0.05, 0.1) is 13.2 Å². The predicted molar refractivity (Wildman–Crippen MR) is 143 cm³/mol. The Morgan fingerprint density at radius 2 is 1.44 bits per heavy atom. The van der Waals surface area contributed by atoms with Crippen LogP contribution >= 0.6 is 7.60 Å². The van der Waals surface area contributed by atoms with Crippen molar-refractivity contribution in [1.29, 1.82) is 0 Å². The molecule has 0 aliphatic rings. The molecule has 3 aromatic rings. The van der Waals surface area contributed by atoms with Crippen molar-refractivity contribution in [2.24, 2.45) is 0 Å². The number of hydrogen-bond acceptors (Lipinski definition) is 6.